The molecule has 0 bridgehead atoms. The molecule has 4 rings (SSSR count). The monoisotopic (exact) mass is 415 g/mol. The van der Waals surface area contributed by atoms with Crippen molar-refractivity contribution in [3.8, 4) is 0 Å². The zero-order chi connectivity index (χ0) is 21.6. The number of nitrogens with one attached hydrogen (secondary N) is 1. The third-order valence-corrected chi connectivity index (χ3v) is 6.17. The van der Waals surface area contributed by atoms with Gasteiger partial charge in [-0.05, 0) is 66.6 Å². The molecule has 2 atom stereocenters. The van der Waals surface area contributed by atoms with Crippen LogP contribution in [-0.2, 0) is 16.0 Å². The molecule has 1 aliphatic rings. The summed E-state index contributed by atoms with van der Waals surface area (Å²) in [5.41, 5.74) is 2.29. The van der Waals surface area contributed by atoms with E-state index in [0.717, 1.165) is 42.0 Å². The van der Waals surface area contributed by atoms with Gasteiger partial charge in [0.15, 0.2) is 0 Å². The average Bonchev–Trinajstić information content (AvgIpc) is 2.80. The van der Waals surface area contributed by atoms with Crippen molar-refractivity contribution < 1.29 is 9.59 Å². The number of aryl methyl sites for hydroxylation is 1. The number of carbonyl (C=O) groups is 2. The fraction of sp³-hybridized carbons (Fsp3) is 0.346. The summed E-state index contributed by atoms with van der Waals surface area (Å²) in [5.74, 6) is -0.0120. The van der Waals surface area contributed by atoms with Gasteiger partial charge in [0.2, 0.25) is 11.8 Å². The van der Waals surface area contributed by atoms with Crippen LogP contribution < -0.4 is 5.32 Å². The summed E-state index contributed by atoms with van der Waals surface area (Å²) in [6.45, 7) is 2.77. The van der Waals surface area contributed by atoms with Gasteiger partial charge in [-0.3, -0.25) is 14.6 Å². The minimum atomic E-state index is -0.124. The fourth-order valence-corrected chi connectivity index (χ4v) is 4.50. The Labute approximate surface area is 183 Å². The SMILES string of the molecule is C[C@@H](NC(=O)CN1CCCC(CCc2ccncc2)C1=O)c1cccc2ccccc12. The molecular weight excluding hydrogens is 386 g/mol. The lowest BCUT2D eigenvalue weighted by atomic mass is 9.91. The van der Waals surface area contributed by atoms with Crippen molar-refractivity contribution in [3.63, 3.8) is 0 Å². The molecule has 3 aromatic rings. The number of amides is 2. The van der Waals surface area contributed by atoms with Crippen LogP contribution in [0.1, 0.15) is 43.4 Å². The summed E-state index contributed by atoms with van der Waals surface area (Å²) in [4.78, 5) is 31.5. The van der Waals surface area contributed by atoms with Crippen LogP contribution in [0, 0.1) is 5.92 Å². The average molecular weight is 416 g/mol. The molecule has 2 aromatic carbocycles. The molecule has 1 saturated heterocycles. The number of carbonyl (C=O) groups excluding carboxylic acids is 2. The van der Waals surface area contributed by atoms with Crippen molar-refractivity contribution >= 4 is 22.6 Å². The number of benzene rings is 2. The molecule has 2 amide bonds. The van der Waals surface area contributed by atoms with Crippen LogP contribution in [0.3, 0.4) is 0 Å². The molecule has 31 heavy (non-hydrogen) atoms. The van der Waals surface area contributed by atoms with Gasteiger partial charge in [-0.25, -0.2) is 0 Å². The van der Waals surface area contributed by atoms with E-state index in [-0.39, 0.29) is 30.3 Å². The molecule has 0 radical (unpaired) electrons. The first-order valence-corrected chi connectivity index (χ1v) is 11.1. The van der Waals surface area contributed by atoms with E-state index in [9.17, 15) is 9.59 Å². The topological polar surface area (TPSA) is 62.3 Å². The second kappa shape index (κ2) is 9.73. The Balaban J connectivity index is 1.34. The number of likely N-dealkylation sites (tertiary alicyclic amines) is 1. The van der Waals surface area contributed by atoms with Crippen molar-refractivity contribution in [1.82, 2.24) is 15.2 Å². The third-order valence-electron chi connectivity index (χ3n) is 6.17. The van der Waals surface area contributed by atoms with E-state index in [0.29, 0.717) is 6.54 Å². The number of piperidine rings is 1. The molecule has 2 heterocycles. The highest BCUT2D eigenvalue weighted by molar-refractivity contribution is 5.88. The first kappa shape index (κ1) is 21.0. The van der Waals surface area contributed by atoms with Gasteiger partial charge in [-0.1, -0.05) is 42.5 Å². The fourth-order valence-electron chi connectivity index (χ4n) is 4.50. The van der Waals surface area contributed by atoms with Crippen LogP contribution in [0.25, 0.3) is 10.8 Å². The minimum Gasteiger partial charge on any atom is -0.348 e. The Morgan fingerprint density at radius 1 is 1.13 bits per heavy atom. The lowest BCUT2D eigenvalue weighted by molar-refractivity contribution is -0.142. The number of nitrogens with zero attached hydrogens (tertiary/aromatic N) is 2. The Morgan fingerprint density at radius 2 is 1.90 bits per heavy atom. The highest BCUT2D eigenvalue weighted by atomic mass is 16.2. The Bertz CT molecular complexity index is 1050. The summed E-state index contributed by atoms with van der Waals surface area (Å²) < 4.78 is 0. The molecule has 5 nitrogen and oxygen atoms in total. The van der Waals surface area contributed by atoms with Gasteiger partial charge in [-0.2, -0.15) is 0 Å². The normalized spacial score (nSPS) is 17.5. The maximum absolute atomic E-state index is 12.9. The number of hydrogen-bond donors (Lipinski definition) is 1. The van der Waals surface area contributed by atoms with Crippen LogP contribution in [0.5, 0.6) is 0 Å². The molecule has 1 unspecified atom stereocenters. The summed E-state index contributed by atoms with van der Waals surface area (Å²) in [5, 5.41) is 5.39. The number of hydrogen-bond acceptors (Lipinski definition) is 3. The molecule has 1 fully saturated rings. The second-order valence-corrected chi connectivity index (χ2v) is 8.35. The molecule has 1 N–H and O–H groups in total. The van der Waals surface area contributed by atoms with E-state index >= 15 is 0 Å². The first-order chi connectivity index (χ1) is 15.1. The predicted molar refractivity (Wildman–Crippen MR) is 122 cm³/mol. The van der Waals surface area contributed by atoms with E-state index in [1.54, 1.807) is 17.3 Å². The maximum Gasteiger partial charge on any atom is 0.240 e. The number of aromatic nitrogens is 1. The van der Waals surface area contributed by atoms with Gasteiger partial charge in [0, 0.05) is 24.9 Å². The lowest BCUT2D eigenvalue weighted by Crippen LogP contribution is -2.46. The quantitative estimate of drug-likeness (QED) is 0.626. The summed E-state index contributed by atoms with van der Waals surface area (Å²) >= 11 is 0. The van der Waals surface area contributed by atoms with Crippen LogP contribution in [0.4, 0.5) is 0 Å². The van der Waals surface area contributed by atoms with Crippen molar-refractivity contribution in [1.29, 1.82) is 0 Å². The van der Waals surface area contributed by atoms with E-state index in [1.807, 2.05) is 37.3 Å². The Hall–Kier alpha value is -3.21. The standard InChI is InChI=1S/C26H29N3O2/c1-19(23-10-4-7-21-6-2-3-9-24(21)23)28-25(30)18-29-17-5-8-22(26(29)31)12-11-20-13-15-27-16-14-20/h2-4,6-7,9-10,13-16,19,22H,5,8,11-12,17-18H2,1H3,(H,28,30)/t19-,22?/m1/s1. The van der Waals surface area contributed by atoms with Gasteiger partial charge in [0.25, 0.3) is 0 Å². The van der Waals surface area contributed by atoms with Crippen molar-refractivity contribution in [2.45, 2.75) is 38.6 Å². The lowest BCUT2D eigenvalue weighted by Gasteiger charge is -2.32. The van der Waals surface area contributed by atoms with Crippen molar-refractivity contribution in [2.24, 2.45) is 5.92 Å². The molecule has 160 valence electrons. The summed E-state index contributed by atoms with van der Waals surface area (Å²) in [6.07, 6.45) is 7.08. The molecule has 1 aliphatic heterocycles. The first-order valence-electron chi connectivity index (χ1n) is 11.1. The Kier molecular flexibility index (Phi) is 6.60. The highest BCUT2D eigenvalue weighted by Gasteiger charge is 2.29. The van der Waals surface area contributed by atoms with Gasteiger partial charge < -0.3 is 10.2 Å². The van der Waals surface area contributed by atoms with Crippen molar-refractivity contribution in [3.05, 3.63) is 78.1 Å². The van der Waals surface area contributed by atoms with Crippen LogP contribution in [-0.4, -0.2) is 34.8 Å². The molecule has 0 spiro atoms. The summed E-state index contributed by atoms with van der Waals surface area (Å²) in [6, 6.07) is 18.2. The number of fused-ring (bicyclic) bond motifs is 1. The van der Waals surface area contributed by atoms with Gasteiger partial charge in [0.05, 0.1) is 12.6 Å². The van der Waals surface area contributed by atoms with E-state index in [2.05, 4.69) is 34.6 Å². The Morgan fingerprint density at radius 3 is 2.74 bits per heavy atom. The molecule has 1 aromatic heterocycles. The van der Waals surface area contributed by atoms with E-state index < -0.39 is 0 Å². The van der Waals surface area contributed by atoms with Crippen molar-refractivity contribution in [2.75, 3.05) is 13.1 Å². The third kappa shape index (κ3) is 5.10. The molecular formula is C26H29N3O2. The summed E-state index contributed by atoms with van der Waals surface area (Å²) in [7, 11) is 0. The molecule has 0 saturated carbocycles. The second-order valence-electron chi connectivity index (χ2n) is 8.35. The molecule has 5 heteroatoms. The smallest absolute Gasteiger partial charge is 0.240 e. The minimum absolute atomic E-state index is 0.00907. The van der Waals surface area contributed by atoms with Crippen LogP contribution >= 0.6 is 0 Å². The molecule has 0 aliphatic carbocycles. The van der Waals surface area contributed by atoms with Gasteiger partial charge >= 0.3 is 0 Å². The largest absolute Gasteiger partial charge is 0.348 e. The van der Waals surface area contributed by atoms with Gasteiger partial charge in [-0.15, -0.1) is 0 Å². The predicted octanol–water partition coefficient (Wildman–Crippen LogP) is 4.28. The van der Waals surface area contributed by atoms with E-state index in [4.69, 9.17) is 0 Å². The number of rotatable bonds is 7. The zero-order valence-electron chi connectivity index (χ0n) is 18.0. The van der Waals surface area contributed by atoms with Crippen LogP contribution in [0.15, 0.2) is 67.0 Å². The number of pyridine rings is 1. The van der Waals surface area contributed by atoms with Crippen LogP contribution in [0.2, 0.25) is 0 Å². The van der Waals surface area contributed by atoms with Gasteiger partial charge in [0.1, 0.15) is 0 Å². The zero-order valence-corrected chi connectivity index (χ0v) is 18.0. The maximum atomic E-state index is 12.9. The highest BCUT2D eigenvalue weighted by Crippen LogP contribution is 2.25. The van der Waals surface area contributed by atoms with E-state index in [1.165, 1.54) is 5.56 Å².